The van der Waals surface area contributed by atoms with Gasteiger partial charge in [-0.1, -0.05) is 42.5 Å². The Hall–Kier alpha value is -3.25. The van der Waals surface area contributed by atoms with E-state index in [0.29, 0.717) is 36.4 Å². The largest absolute Gasteiger partial charge is 0.337 e. The third kappa shape index (κ3) is 4.18. The van der Waals surface area contributed by atoms with E-state index in [4.69, 9.17) is 0 Å². The lowest BCUT2D eigenvalue weighted by atomic mass is 10.2. The van der Waals surface area contributed by atoms with E-state index in [-0.39, 0.29) is 11.5 Å². The zero-order valence-electron chi connectivity index (χ0n) is 15.5. The van der Waals surface area contributed by atoms with Crippen LogP contribution in [-0.2, 0) is 11.3 Å². The van der Waals surface area contributed by atoms with E-state index in [1.807, 2.05) is 59.5 Å². The first-order valence-electron chi connectivity index (χ1n) is 9.41. The van der Waals surface area contributed by atoms with Gasteiger partial charge in [0.05, 0.1) is 17.4 Å². The fourth-order valence-corrected chi connectivity index (χ4v) is 3.39. The summed E-state index contributed by atoms with van der Waals surface area (Å²) >= 11 is 0. The number of para-hydroxylation sites is 1. The molecule has 6 nitrogen and oxygen atoms in total. The van der Waals surface area contributed by atoms with Crippen molar-refractivity contribution in [3.05, 3.63) is 82.4 Å². The van der Waals surface area contributed by atoms with E-state index >= 15 is 0 Å². The molecule has 0 radical (unpaired) electrons. The summed E-state index contributed by atoms with van der Waals surface area (Å²) in [7, 11) is 0. The van der Waals surface area contributed by atoms with E-state index in [0.717, 1.165) is 18.7 Å². The number of nitrogens with one attached hydrogen (secondary N) is 1. The number of hydrogen-bond acceptors (Lipinski definition) is 4. The molecule has 0 saturated carbocycles. The number of piperazine rings is 1. The summed E-state index contributed by atoms with van der Waals surface area (Å²) < 4.78 is 0. The van der Waals surface area contributed by atoms with Gasteiger partial charge in [0.25, 0.3) is 5.56 Å². The fourth-order valence-electron chi connectivity index (χ4n) is 3.39. The quantitative estimate of drug-likeness (QED) is 0.712. The summed E-state index contributed by atoms with van der Waals surface area (Å²) in [6, 6.07) is 17.1. The van der Waals surface area contributed by atoms with Gasteiger partial charge in [-0.05, 0) is 23.8 Å². The van der Waals surface area contributed by atoms with Crippen molar-refractivity contribution in [2.75, 3.05) is 26.2 Å². The number of fused-ring (bicyclic) bond motifs is 1. The van der Waals surface area contributed by atoms with Crippen LogP contribution in [0.15, 0.2) is 65.5 Å². The number of hydrogen-bond donors (Lipinski definition) is 1. The lowest BCUT2D eigenvalue weighted by Gasteiger charge is -2.33. The number of carbonyl (C=O) groups excluding carboxylic acids is 1. The van der Waals surface area contributed by atoms with Gasteiger partial charge < -0.3 is 9.88 Å². The number of rotatable bonds is 4. The second-order valence-electron chi connectivity index (χ2n) is 6.88. The molecule has 1 amide bonds. The second kappa shape index (κ2) is 8.19. The number of benzene rings is 2. The molecule has 28 heavy (non-hydrogen) atoms. The van der Waals surface area contributed by atoms with Crippen LogP contribution in [0.4, 0.5) is 0 Å². The third-order valence-electron chi connectivity index (χ3n) is 4.94. The Morgan fingerprint density at radius 2 is 1.71 bits per heavy atom. The van der Waals surface area contributed by atoms with Crippen molar-refractivity contribution >= 4 is 22.9 Å². The highest BCUT2D eigenvalue weighted by molar-refractivity contribution is 5.91. The Labute approximate surface area is 163 Å². The molecular formula is C22H22N4O2. The van der Waals surface area contributed by atoms with Crippen molar-refractivity contribution in [3.8, 4) is 0 Å². The van der Waals surface area contributed by atoms with Gasteiger partial charge in [-0.3, -0.25) is 14.5 Å². The number of H-pyrrole nitrogens is 1. The molecule has 1 aromatic heterocycles. The van der Waals surface area contributed by atoms with E-state index < -0.39 is 0 Å². The molecule has 6 heteroatoms. The van der Waals surface area contributed by atoms with Gasteiger partial charge in [0.1, 0.15) is 5.82 Å². The van der Waals surface area contributed by atoms with Crippen LogP contribution < -0.4 is 5.56 Å². The summed E-state index contributed by atoms with van der Waals surface area (Å²) in [6.07, 6.45) is 3.48. The SMILES string of the molecule is O=C(/C=C/c1ccccc1)N1CCN(Cc2nc3ccccc3c(=O)[nH]2)CC1. The molecule has 3 aromatic rings. The molecule has 2 heterocycles. The first-order chi connectivity index (χ1) is 13.7. The van der Waals surface area contributed by atoms with Crippen LogP contribution >= 0.6 is 0 Å². The third-order valence-corrected chi connectivity index (χ3v) is 4.94. The molecule has 0 unspecified atom stereocenters. The van der Waals surface area contributed by atoms with Crippen molar-refractivity contribution in [2.45, 2.75) is 6.54 Å². The predicted molar refractivity (Wildman–Crippen MR) is 110 cm³/mol. The molecule has 1 aliphatic heterocycles. The van der Waals surface area contributed by atoms with Crippen molar-refractivity contribution in [2.24, 2.45) is 0 Å². The summed E-state index contributed by atoms with van der Waals surface area (Å²) in [5.74, 6) is 0.688. The number of carbonyl (C=O) groups is 1. The molecule has 0 bridgehead atoms. The molecule has 2 aromatic carbocycles. The van der Waals surface area contributed by atoms with E-state index in [2.05, 4.69) is 14.9 Å². The Balaban J connectivity index is 1.35. The molecule has 1 N–H and O–H groups in total. The molecule has 1 aliphatic rings. The monoisotopic (exact) mass is 374 g/mol. The van der Waals surface area contributed by atoms with Gasteiger partial charge in [0.15, 0.2) is 0 Å². The van der Waals surface area contributed by atoms with Crippen molar-refractivity contribution in [1.82, 2.24) is 19.8 Å². The first kappa shape index (κ1) is 18.1. The molecule has 4 rings (SSSR count). The van der Waals surface area contributed by atoms with Crippen LogP contribution in [0.2, 0.25) is 0 Å². The maximum absolute atomic E-state index is 12.4. The number of nitrogens with zero attached hydrogens (tertiary/aromatic N) is 3. The average Bonchev–Trinajstić information content (AvgIpc) is 2.73. The topological polar surface area (TPSA) is 69.3 Å². The van der Waals surface area contributed by atoms with Crippen molar-refractivity contribution in [3.63, 3.8) is 0 Å². The molecule has 1 fully saturated rings. The van der Waals surface area contributed by atoms with Crippen LogP contribution in [0.1, 0.15) is 11.4 Å². The van der Waals surface area contributed by atoms with Gasteiger partial charge in [-0.2, -0.15) is 0 Å². The minimum Gasteiger partial charge on any atom is -0.337 e. The van der Waals surface area contributed by atoms with Gasteiger partial charge in [0, 0.05) is 32.3 Å². The molecular weight excluding hydrogens is 352 g/mol. The van der Waals surface area contributed by atoms with E-state index in [1.54, 1.807) is 12.1 Å². The van der Waals surface area contributed by atoms with Crippen LogP contribution in [-0.4, -0.2) is 51.9 Å². The smallest absolute Gasteiger partial charge is 0.258 e. The minimum atomic E-state index is -0.111. The highest BCUT2D eigenvalue weighted by atomic mass is 16.2. The minimum absolute atomic E-state index is 0.0285. The van der Waals surface area contributed by atoms with Crippen LogP contribution in [0.25, 0.3) is 17.0 Å². The number of aromatic amines is 1. The Morgan fingerprint density at radius 1 is 1.00 bits per heavy atom. The lowest BCUT2D eigenvalue weighted by Crippen LogP contribution is -2.48. The zero-order chi connectivity index (χ0) is 19.3. The van der Waals surface area contributed by atoms with Gasteiger partial charge in [0.2, 0.25) is 5.91 Å². The Kier molecular flexibility index (Phi) is 5.30. The fraction of sp³-hybridized carbons (Fsp3) is 0.227. The lowest BCUT2D eigenvalue weighted by molar-refractivity contribution is -0.127. The zero-order valence-corrected chi connectivity index (χ0v) is 15.5. The number of amides is 1. The van der Waals surface area contributed by atoms with Crippen LogP contribution in [0.5, 0.6) is 0 Å². The summed E-state index contributed by atoms with van der Waals surface area (Å²) in [6.45, 7) is 3.40. The summed E-state index contributed by atoms with van der Waals surface area (Å²) in [5, 5.41) is 0.604. The normalized spacial score (nSPS) is 15.4. The van der Waals surface area contributed by atoms with Crippen molar-refractivity contribution in [1.29, 1.82) is 0 Å². The van der Waals surface area contributed by atoms with Crippen molar-refractivity contribution < 1.29 is 4.79 Å². The van der Waals surface area contributed by atoms with E-state index in [9.17, 15) is 9.59 Å². The van der Waals surface area contributed by atoms with E-state index in [1.165, 1.54) is 0 Å². The first-order valence-corrected chi connectivity index (χ1v) is 9.41. The summed E-state index contributed by atoms with van der Waals surface area (Å²) in [4.78, 5) is 36.1. The van der Waals surface area contributed by atoms with Gasteiger partial charge in [-0.15, -0.1) is 0 Å². The van der Waals surface area contributed by atoms with Gasteiger partial charge >= 0.3 is 0 Å². The van der Waals surface area contributed by atoms with Crippen LogP contribution in [0.3, 0.4) is 0 Å². The molecule has 0 spiro atoms. The maximum atomic E-state index is 12.4. The second-order valence-corrected chi connectivity index (χ2v) is 6.88. The average molecular weight is 374 g/mol. The van der Waals surface area contributed by atoms with Crippen LogP contribution in [0, 0.1) is 0 Å². The maximum Gasteiger partial charge on any atom is 0.258 e. The molecule has 142 valence electrons. The highest BCUT2D eigenvalue weighted by Crippen LogP contribution is 2.10. The molecule has 0 aliphatic carbocycles. The molecule has 1 saturated heterocycles. The standard InChI is InChI=1S/C22H22N4O2/c27-21(11-10-17-6-2-1-3-7-17)26-14-12-25(13-15-26)16-20-23-19-9-5-4-8-18(19)22(28)24-20/h1-11H,12-16H2,(H,23,24,28)/b11-10+. The Morgan fingerprint density at radius 3 is 2.50 bits per heavy atom. The highest BCUT2D eigenvalue weighted by Gasteiger charge is 2.20. The van der Waals surface area contributed by atoms with Gasteiger partial charge in [-0.25, -0.2) is 4.98 Å². The predicted octanol–water partition coefficient (Wildman–Crippen LogP) is 2.28. The number of aromatic nitrogens is 2. The Bertz CT molecular complexity index is 1050. The molecule has 0 atom stereocenters. The summed E-state index contributed by atoms with van der Waals surface area (Å²) in [5.41, 5.74) is 1.61.